The van der Waals surface area contributed by atoms with Gasteiger partial charge in [-0.05, 0) is 12.8 Å². The van der Waals surface area contributed by atoms with E-state index in [1.807, 2.05) is 0 Å². The lowest BCUT2D eigenvalue weighted by Crippen LogP contribution is -2.60. The van der Waals surface area contributed by atoms with Gasteiger partial charge in [-0.1, -0.05) is 142 Å². The molecule has 1 saturated heterocycles. The Hall–Kier alpha value is -0.810. The van der Waals surface area contributed by atoms with Gasteiger partial charge in [-0.3, -0.25) is 4.79 Å². The molecule has 0 saturated carbocycles. The van der Waals surface area contributed by atoms with Gasteiger partial charge in [-0.15, -0.1) is 0 Å². The minimum Gasteiger partial charge on any atom is -0.394 e. The second-order valence-corrected chi connectivity index (χ2v) is 13.0. The SMILES string of the molecule is CCCCCCCCCCCCCCCCCCCCC(=O)N[C@@H](CO[C@H]1O[C@H](CO)[C@@H](O)[C@H](O)[C@H]1O)[C@H](O)CCCCC. The molecule has 0 spiro atoms. The Balaban J connectivity index is 2.20. The number of carbonyl (C=O) groups excluding carboxylic acids is 1. The molecule has 7 atom stereocenters. The van der Waals surface area contributed by atoms with E-state index >= 15 is 0 Å². The zero-order chi connectivity index (χ0) is 32.4. The number of aliphatic hydroxyl groups is 5. The largest absolute Gasteiger partial charge is 0.394 e. The van der Waals surface area contributed by atoms with E-state index in [2.05, 4.69) is 19.2 Å². The number of amides is 1. The van der Waals surface area contributed by atoms with Crippen LogP contribution in [0.3, 0.4) is 0 Å². The molecule has 0 radical (unpaired) electrons. The van der Waals surface area contributed by atoms with Crippen LogP contribution < -0.4 is 5.32 Å². The lowest BCUT2D eigenvalue weighted by Gasteiger charge is -2.40. The first-order valence-corrected chi connectivity index (χ1v) is 18.2. The van der Waals surface area contributed by atoms with Gasteiger partial charge in [-0.2, -0.15) is 0 Å². The number of ether oxygens (including phenoxy) is 2. The van der Waals surface area contributed by atoms with Gasteiger partial charge in [-0.25, -0.2) is 0 Å². The fraction of sp³-hybridized carbons (Fsp3) is 0.971. The Morgan fingerprint density at radius 3 is 1.61 bits per heavy atom. The van der Waals surface area contributed by atoms with Crippen LogP contribution in [-0.4, -0.2) is 87.5 Å². The zero-order valence-electron chi connectivity index (χ0n) is 28.2. The average Bonchev–Trinajstić information content (AvgIpc) is 3.02. The van der Waals surface area contributed by atoms with E-state index in [0.29, 0.717) is 12.8 Å². The van der Waals surface area contributed by atoms with Crippen molar-refractivity contribution >= 4 is 5.91 Å². The summed E-state index contributed by atoms with van der Waals surface area (Å²) in [6.07, 6.45) is 19.1. The monoisotopic (exact) mass is 632 g/mol. The minimum absolute atomic E-state index is 0.138. The van der Waals surface area contributed by atoms with Crippen molar-refractivity contribution in [2.75, 3.05) is 13.2 Å². The third kappa shape index (κ3) is 19.0. The number of aliphatic hydroxyl groups excluding tert-OH is 5. The first-order valence-electron chi connectivity index (χ1n) is 18.2. The summed E-state index contributed by atoms with van der Waals surface area (Å²) in [6.45, 7) is 3.66. The molecule has 1 fully saturated rings. The van der Waals surface area contributed by atoms with Crippen molar-refractivity contribution in [1.82, 2.24) is 5.32 Å². The van der Waals surface area contributed by atoms with E-state index in [0.717, 1.165) is 38.5 Å². The summed E-state index contributed by atoms with van der Waals surface area (Å²) in [6, 6.07) is -0.706. The highest BCUT2D eigenvalue weighted by molar-refractivity contribution is 5.76. The number of nitrogens with one attached hydrogen (secondary N) is 1. The third-order valence-corrected chi connectivity index (χ3v) is 8.96. The molecule has 0 bridgehead atoms. The number of hydrogen-bond donors (Lipinski definition) is 6. The van der Waals surface area contributed by atoms with Crippen molar-refractivity contribution in [3.8, 4) is 0 Å². The lowest BCUT2D eigenvalue weighted by atomic mass is 9.99. The summed E-state index contributed by atoms with van der Waals surface area (Å²) < 4.78 is 11.1. The molecule has 9 heteroatoms. The summed E-state index contributed by atoms with van der Waals surface area (Å²) in [7, 11) is 0. The van der Waals surface area contributed by atoms with E-state index in [1.54, 1.807) is 0 Å². The molecule has 1 aliphatic rings. The van der Waals surface area contributed by atoms with Crippen LogP contribution in [0.1, 0.15) is 162 Å². The number of hydrogen-bond acceptors (Lipinski definition) is 8. The molecular formula is C35H69NO8. The van der Waals surface area contributed by atoms with Gasteiger partial charge in [0.05, 0.1) is 25.4 Å². The molecule has 6 N–H and O–H groups in total. The molecule has 9 nitrogen and oxygen atoms in total. The molecule has 1 amide bonds. The molecule has 0 unspecified atom stereocenters. The van der Waals surface area contributed by atoms with E-state index in [1.165, 1.54) is 96.3 Å². The average molecular weight is 632 g/mol. The predicted molar refractivity (Wildman–Crippen MR) is 175 cm³/mol. The second kappa shape index (κ2) is 27.3. The van der Waals surface area contributed by atoms with Gasteiger partial charge in [0.2, 0.25) is 5.91 Å². The van der Waals surface area contributed by atoms with Crippen LogP contribution >= 0.6 is 0 Å². The first kappa shape index (κ1) is 41.2. The Morgan fingerprint density at radius 1 is 0.682 bits per heavy atom. The molecule has 0 aromatic carbocycles. The van der Waals surface area contributed by atoms with Crippen LogP contribution in [0.25, 0.3) is 0 Å². The van der Waals surface area contributed by atoms with Crippen molar-refractivity contribution in [2.24, 2.45) is 0 Å². The molecule has 0 aromatic rings. The lowest BCUT2D eigenvalue weighted by molar-refractivity contribution is -0.302. The summed E-state index contributed by atoms with van der Waals surface area (Å²) in [4.78, 5) is 12.7. The topological polar surface area (TPSA) is 149 Å². The minimum atomic E-state index is -1.54. The van der Waals surface area contributed by atoms with E-state index in [4.69, 9.17) is 9.47 Å². The maximum absolute atomic E-state index is 12.7. The molecule has 1 heterocycles. The summed E-state index contributed by atoms with van der Waals surface area (Å²) in [5.74, 6) is -0.154. The van der Waals surface area contributed by atoms with Crippen molar-refractivity contribution in [1.29, 1.82) is 0 Å². The molecule has 262 valence electrons. The third-order valence-electron chi connectivity index (χ3n) is 8.96. The molecule has 44 heavy (non-hydrogen) atoms. The smallest absolute Gasteiger partial charge is 0.220 e. The van der Waals surface area contributed by atoms with E-state index in [9.17, 15) is 30.3 Å². The quantitative estimate of drug-likeness (QED) is 0.0580. The predicted octanol–water partition coefficient (Wildman–Crippen LogP) is 5.66. The first-order chi connectivity index (χ1) is 21.3. The highest BCUT2D eigenvalue weighted by atomic mass is 16.7. The molecule has 0 aromatic heterocycles. The maximum atomic E-state index is 12.7. The molecular weight excluding hydrogens is 562 g/mol. The van der Waals surface area contributed by atoms with E-state index in [-0.39, 0.29) is 12.5 Å². The fourth-order valence-corrected chi connectivity index (χ4v) is 5.92. The number of unbranched alkanes of at least 4 members (excludes halogenated alkanes) is 19. The number of carbonyl (C=O) groups is 1. The maximum Gasteiger partial charge on any atom is 0.220 e. The van der Waals surface area contributed by atoms with Crippen LogP contribution in [0.5, 0.6) is 0 Å². The van der Waals surface area contributed by atoms with Gasteiger partial charge in [0.1, 0.15) is 24.4 Å². The Morgan fingerprint density at radius 2 is 1.14 bits per heavy atom. The summed E-state index contributed by atoms with van der Waals surface area (Å²) in [5, 5.41) is 53.3. The standard InChI is InChI=1S/C35H69NO8/c1-3-5-7-8-9-10-11-12-13-14-15-16-17-18-19-20-21-23-25-31(39)36-28(29(38)24-22-6-4-2)27-43-35-34(42)33(41)32(40)30(26-37)44-35/h28-30,32-35,37-38,40-42H,3-27H2,1-2H3,(H,36,39)/t28-,29+,30+,32+,33-,34+,35-/m0/s1. The molecule has 0 aliphatic carbocycles. The molecule has 1 aliphatic heterocycles. The van der Waals surface area contributed by atoms with Crippen molar-refractivity contribution in [2.45, 2.75) is 204 Å². The van der Waals surface area contributed by atoms with E-state index < -0.39 is 49.5 Å². The van der Waals surface area contributed by atoms with Gasteiger partial charge in [0.25, 0.3) is 0 Å². The highest BCUT2D eigenvalue weighted by Gasteiger charge is 2.44. The number of rotatable bonds is 29. The Labute approximate surface area is 268 Å². The van der Waals surface area contributed by atoms with Crippen molar-refractivity contribution in [3.63, 3.8) is 0 Å². The summed E-state index contributed by atoms with van der Waals surface area (Å²) in [5.41, 5.74) is 0. The van der Waals surface area contributed by atoms with Crippen molar-refractivity contribution in [3.05, 3.63) is 0 Å². The van der Waals surface area contributed by atoms with Crippen LogP contribution in [0.2, 0.25) is 0 Å². The van der Waals surface area contributed by atoms with Gasteiger partial charge in [0.15, 0.2) is 6.29 Å². The van der Waals surface area contributed by atoms with Gasteiger partial charge < -0.3 is 40.3 Å². The van der Waals surface area contributed by atoms with Gasteiger partial charge >= 0.3 is 0 Å². The summed E-state index contributed by atoms with van der Waals surface area (Å²) >= 11 is 0. The van der Waals surface area contributed by atoms with Gasteiger partial charge in [0, 0.05) is 6.42 Å². The van der Waals surface area contributed by atoms with Crippen molar-refractivity contribution < 1.29 is 39.8 Å². The van der Waals surface area contributed by atoms with Crippen LogP contribution in [0.4, 0.5) is 0 Å². The van der Waals surface area contributed by atoms with Crippen LogP contribution in [0.15, 0.2) is 0 Å². The second-order valence-electron chi connectivity index (χ2n) is 13.0. The zero-order valence-corrected chi connectivity index (χ0v) is 28.2. The Bertz CT molecular complexity index is 667. The fourth-order valence-electron chi connectivity index (χ4n) is 5.92. The Kier molecular flexibility index (Phi) is 25.6. The normalized spacial score (nSPS) is 23.5. The highest BCUT2D eigenvalue weighted by Crippen LogP contribution is 2.23. The molecule has 1 rings (SSSR count). The van der Waals surface area contributed by atoms with Crippen LogP contribution in [0, 0.1) is 0 Å². The van der Waals surface area contributed by atoms with Crippen LogP contribution in [-0.2, 0) is 14.3 Å².